The van der Waals surface area contributed by atoms with Crippen molar-refractivity contribution in [3.63, 3.8) is 0 Å². The number of amides is 1. The van der Waals surface area contributed by atoms with Crippen LogP contribution in [0.3, 0.4) is 0 Å². The predicted octanol–water partition coefficient (Wildman–Crippen LogP) is 3.01. The summed E-state index contributed by atoms with van der Waals surface area (Å²) < 4.78 is 5.17. The average molecular weight is 297 g/mol. The molecule has 114 valence electrons. The monoisotopic (exact) mass is 297 g/mol. The Balaban J connectivity index is 1.85. The average Bonchev–Trinajstić information content (AvgIpc) is 2.84. The Morgan fingerprint density at radius 3 is 2.45 bits per heavy atom. The van der Waals surface area contributed by atoms with Crippen LogP contribution in [0, 0.1) is 0 Å². The molecule has 1 aliphatic rings. The molecule has 3 rings (SSSR count). The third kappa shape index (κ3) is 2.83. The van der Waals surface area contributed by atoms with Crippen molar-refractivity contribution < 1.29 is 14.7 Å². The summed E-state index contributed by atoms with van der Waals surface area (Å²) in [5.74, 6) is 0.555. The molecule has 1 heterocycles. The van der Waals surface area contributed by atoms with Gasteiger partial charge in [-0.15, -0.1) is 0 Å². The number of hydrogen-bond acceptors (Lipinski definition) is 3. The molecule has 0 radical (unpaired) electrons. The van der Waals surface area contributed by atoms with Crippen molar-refractivity contribution in [3.05, 3.63) is 65.7 Å². The molecule has 1 amide bonds. The number of hydroxylamine groups is 2. The summed E-state index contributed by atoms with van der Waals surface area (Å²) in [4.78, 5) is 11.9. The van der Waals surface area contributed by atoms with Gasteiger partial charge in [0.2, 0.25) is 5.91 Å². The molecule has 1 fully saturated rings. The third-order valence-corrected chi connectivity index (χ3v) is 4.26. The minimum Gasteiger partial charge on any atom is -0.497 e. The number of nitrogens with zero attached hydrogens (tertiary/aromatic N) is 1. The topological polar surface area (TPSA) is 49.8 Å². The molecule has 0 aromatic heterocycles. The van der Waals surface area contributed by atoms with E-state index in [4.69, 9.17) is 4.74 Å². The van der Waals surface area contributed by atoms with Crippen molar-refractivity contribution >= 4 is 5.91 Å². The molecular weight excluding hydrogens is 278 g/mol. The first-order chi connectivity index (χ1) is 10.7. The van der Waals surface area contributed by atoms with Gasteiger partial charge in [-0.2, -0.15) is 0 Å². The maximum Gasteiger partial charge on any atom is 0.246 e. The SMILES string of the molecule is COc1ccc(C2CC(=O)N(O)C2Cc2ccccc2)cc1. The van der Waals surface area contributed by atoms with Crippen molar-refractivity contribution in [3.8, 4) is 5.75 Å². The molecule has 1 saturated heterocycles. The van der Waals surface area contributed by atoms with E-state index in [-0.39, 0.29) is 17.9 Å². The molecule has 2 aromatic rings. The highest BCUT2D eigenvalue weighted by molar-refractivity contribution is 5.79. The second-order valence-corrected chi connectivity index (χ2v) is 5.58. The van der Waals surface area contributed by atoms with Crippen LogP contribution in [0.5, 0.6) is 5.75 Å². The largest absolute Gasteiger partial charge is 0.497 e. The number of hydrogen-bond donors (Lipinski definition) is 1. The predicted molar refractivity (Wildman–Crippen MR) is 82.9 cm³/mol. The van der Waals surface area contributed by atoms with E-state index in [0.29, 0.717) is 12.8 Å². The number of rotatable bonds is 4. The Bertz CT molecular complexity index is 639. The summed E-state index contributed by atoms with van der Waals surface area (Å²) in [6, 6.07) is 17.4. The fourth-order valence-corrected chi connectivity index (χ4v) is 3.05. The van der Waals surface area contributed by atoms with Gasteiger partial charge < -0.3 is 4.74 Å². The van der Waals surface area contributed by atoms with Crippen LogP contribution >= 0.6 is 0 Å². The van der Waals surface area contributed by atoms with E-state index in [1.165, 1.54) is 0 Å². The second-order valence-electron chi connectivity index (χ2n) is 5.58. The number of carbonyl (C=O) groups excluding carboxylic acids is 1. The Labute approximate surface area is 129 Å². The number of methoxy groups -OCH3 is 1. The van der Waals surface area contributed by atoms with Gasteiger partial charge in [-0.25, -0.2) is 5.06 Å². The fraction of sp³-hybridized carbons (Fsp3) is 0.278. The molecule has 2 unspecified atom stereocenters. The molecule has 4 heteroatoms. The number of carbonyl (C=O) groups is 1. The fourth-order valence-electron chi connectivity index (χ4n) is 3.05. The smallest absolute Gasteiger partial charge is 0.246 e. The van der Waals surface area contributed by atoms with Gasteiger partial charge in [0, 0.05) is 12.3 Å². The van der Waals surface area contributed by atoms with Gasteiger partial charge in [0.15, 0.2) is 0 Å². The first-order valence-electron chi connectivity index (χ1n) is 7.38. The Morgan fingerprint density at radius 1 is 1.14 bits per heavy atom. The third-order valence-electron chi connectivity index (χ3n) is 4.26. The van der Waals surface area contributed by atoms with Crippen molar-refractivity contribution in [1.29, 1.82) is 0 Å². The summed E-state index contributed by atoms with van der Waals surface area (Å²) in [7, 11) is 1.63. The molecule has 2 atom stereocenters. The Kier molecular flexibility index (Phi) is 4.11. The molecule has 2 aromatic carbocycles. The molecule has 1 aliphatic heterocycles. The van der Waals surface area contributed by atoms with Gasteiger partial charge in [0.05, 0.1) is 13.2 Å². The second kappa shape index (κ2) is 6.20. The number of ether oxygens (including phenoxy) is 1. The van der Waals surface area contributed by atoms with E-state index in [2.05, 4.69) is 0 Å². The van der Waals surface area contributed by atoms with Gasteiger partial charge >= 0.3 is 0 Å². The maximum absolute atomic E-state index is 11.9. The van der Waals surface area contributed by atoms with Gasteiger partial charge in [0.1, 0.15) is 5.75 Å². The molecule has 0 spiro atoms. The van der Waals surface area contributed by atoms with E-state index < -0.39 is 0 Å². The lowest BCUT2D eigenvalue weighted by molar-refractivity contribution is -0.165. The van der Waals surface area contributed by atoms with E-state index >= 15 is 0 Å². The van der Waals surface area contributed by atoms with Crippen LogP contribution in [-0.4, -0.2) is 29.3 Å². The molecule has 0 bridgehead atoms. The highest BCUT2D eigenvalue weighted by Gasteiger charge is 2.40. The summed E-state index contributed by atoms with van der Waals surface area (Å²) in [5.41, 5.74) is 2.16. The highest BCUT2D eigenvalue weighted by atomic mass is 16.5. The van der Waals surface area contributed by atoms with Gasteiger partial charge in [-0.1, -0.05) is 42.5 Å². The van der Waals surface area contributed by atoms with Gasteiger partial charge in [-0.3, -0.25) is 10.0 Å². The molecule has 22 heavy (non-hydrogen) atoms. The van der Waals surface area contributed by atoms with E-state index in [1.807, 2.05) is 54.6 Å². The van der Waals surface area contributed by atoms with Gasteiger partial charge in [-0.05, 0) is 29.7 Å². The van der Waals surface area contributed by atoms with Gasteiger partial charge in [0.25, 0.3) is 0 Å². The summed E-state index contributed by atoms with van der Waals surface area (Å²) in [6.07, 6.45) is 0.972. The van der Waals surface area contributed by atoms with E-state index in [9.17, 15) is 10.0 Å². The zero-order valence-corrected chi connectivity index (χ0v) is 12.5. The molecule has 4 nitrogen and oxygen atoms in total. The summed E-state index contributed by atoms with van der Waals surface area (Å²) in [6.45, 7) is 0. The van der Waals surface area contributed by atoms with Crippen LogP contribution in [0.15, 0.2) is 54.6 Å². The van der Waals surface area contributed by atoms with Crippen molar-refractivity contribution in [2.75, 3.05) is 7.11 Å². The zero-order valence-electron chi connectivity index (χ0n) is 12.5. The van der Waals surface area contributed by atoms with Crippen LogP contribution in [-0.2, 0) is 11.2 Å². The van der Waals surface area contributed by atoms with Crippen molar-refractivity contribution in [2.45, 2.75) is 24.8 Å². The summed E-state index contributed by atoms with van der Waals surface area (Å²) >= 11 is 0. The first kappa shape index (κ1) is 14.6. The van der Waals surface area contributed by atoms with Crippen LogP contribution in [0.2, 0.25) is 0 Å². The molecule has 0 aliphatic carbocycles. The Morgan fingerprint density at radius 2 is 1.82 bits per heavy atom. The highest BCUT2D eigenvalue weighted by Crippen LogP contribution is 2.35. The van der Waals surface area contributed by atoms with Crippen molar-refractivity contribution in [1.82, 2.24) is 5.06 Å². The van der Waals surface area contributed by atoms with Crippen LogP contribution in [0.1, 0.15) is 23.5 Å². The number of benzene rings is 2. The maximum atomic E-state index is 11.9. The molecular formula is C18H19NO3. The lowest BCUT2D eigenvalue weighted by atomic mass is 9.88. The minimum atomic E-state index is -0.233. The normalized spacial score (nSPS) is 21.2. The van der Waals surface area contributed by atoms with Crippen LogP contribution < -0.4 is 4.74 Å². The summed E-state index contributed by atoms with van der Waals surface area (Å²) in [5, 5.41) is 11.0. The quantitative estimate of drug-likeness (QED) is 0.883. The first-order valence-corrected chi connectivity index (χ1v) is 7.38. The van der Waals surface area contributed by atoms with E-state index in [0.717, 1.165) is 21.9 Å². The molecule has 0 saturated carbocycles. The Hall–Kier alpha value is -2.33. The molecule has 1 N–H and O–H groups in total. The lowest BCUT2D eigenvalue weighted by Crippen LogP contribution is -2.33. The zero-order chi connectivity index (χ0) is 15.5. The standard InChI is InChI=1S/C18H19NO3/c1-22-15-9-7-14(8-10-15)16-12-18(20)19(21)17(16)11-13-5-3-2-4-6-13/h2-10,16-17,21H,11-12H2,1H3. The lowest BCUT2D eigenvalue weighted by Gasteiger charge is -2.23. The van der Waals surface area contributed by atoms with Crippen LogP contribution in [0.4, 0.5) is 0 Å². The van der Waals surface area contributed by atoms with E-state index in [1.54, 1.807) is 7.11 Å². The van der Waals surface area contributed by atoms with Crippen LogP contribution in [0.25, 0.3) is 0 Å². The minimum absolute atomic E-state index is 0.0105. The van der Waals surface area contributed by atoms with Crippen molar-refractivity contribution in [2.24, 2.45) is 0 Å².